The molecule has 1 saturated carbocycles. The SMILES string of the molecule is CCCNc1nc(C2CCC2)ncc1I. The number of hydrogen-bond donors (Lipinski definition) is 1. The van der Waals surface area contributed by atoms with Gasteiger partial charge in [-0.3, -0.25) is 0 Å². The molecule has 0 saturated heterocycles. The summed E-state index contributed by atoms with van der Waals surface area (Å²) in [6.07, 6.45) is 6.90. The first kappa shape index (κ1) is 11.1. The normalized spacial score (nSPS) is 16.1. The highest BCUT2D eigenvalue weighted by molar-refractivity contribution is 14.1. The number of hydrogen-bond acceptors (Lipinski definition) is 3. The van der Waals surface area contributed by atoms with Crippen LogP contribution >= 0.6 is 22.6 Å². The lowest BCUT2D eigenvalue weighted by molar-refractivity contribution is 0.401. The quantitative estimate of drug-likeness (QED) is 0.867. The Bertz CT molecular complexity index is 337. The minimum absolute atomic E-state index is 0.615. The first-order valence-electron chi connectivity index (χ1n) is 5.57. The van der Waals surface area contributed by atoms with Gasteiger partial charge in [0.05, 0.1) is 3.57 Å². The van der Waals surface area contributed by atoms with Crippen molar-refractivity contribution in [1.29, 1.82) is 0 Å². The summed E-state index contributed by atoms with van der Waals surface area (Å²) in [5.41, 5.74) is 0. The van der Waals surface area contributed by atoms with Crippen LogP contribution in [0.3, 0.4) is 0 Å². The average Bonchev–Trinajstić information content (AvgIpc) is 2.16. The van der Waals surface area contributed by atoms with E-state index >= 15 is 0 Å². The molecule has 1 aromatic rings. The fourth-order valence-corrected chi connectivity index (χ4v) is 2.06. The van der Waals surface area contributed by atoms with E-state index in [1.54, 1.807) is 0 Å². The molecule has 1 heterocycles. The molecule has 1 aromatic heterocycles. The molecule has 82 valence electrons. The molecule has 0 aliphatic heterocycles. The smallest absolute Gasteiger partial charge is 0.143 e. The Kier molecular flexibility index (Phi) is 3.77. The summed E-state index contributed by atoms with van der Waals surface area (Å²) in [6, 6.07) is 0. The maximum Gasteiger partial charge on any atom is 0.143 e. The molecule has 2 rings (SSSR count). The molecule has 0 aromatic carbocycles. The third-order valence-corrected chi connectivity index (χ3v) is 3.56. The van der Waals surface area contributed by atoms with Gasteiger partial charge in [-0.1, -0.05) is 13.3 Å². The highest BCUT2D eigenvalue weighted by Gasteiger charge is 2.22. The number of halogens is 1. The Balaban J connectivity index is 2.12. The minimum atomic E-state index is 0.615. The maximum absolute atomic E-state index is 4.60. The summed E-state index contributed by atoms with van der Waals surface area (Å²) in [6.45, 7) is 3.14. The van der Waals surface area contributed by atoms with Crippen molar-refractivity contribution in [3.63, 3.8) is 0 Å². The second-order valence-electron chi connectivity index (χ2n) is 3.98. The molecule has 1 aliphatic carbocycles. The summed E-state index contributed by atoms with van der Waals surface area (Å²) in [5, 5.41) is 3.35. The van der Waals surface area contributed by atoms with Crippen molar-refractivity contribution in [2.75, 3.05) is 11.9 Å². The molecule has 0 atom stereocenters. The van der Waals surface area contributed by atoms with Gasteiger partial charge in [0.2, 0.25) is 0 Å². The van der Waals surface area contributed by atoms with Crippen LogP contribution in [-0.2, 0) is 0 Å². The van der Waals surface area contributed by atoms with Gasteiger partial charge in [-0.25, -0.2) is 9.97 Å². The van der Waals surface area contributed by atoms with E-state index in [4.69, 9.17) is 0 Å². The fourth-order valence-electron chi connectivity index (χ4n) is 1.61. The Morgan fingerprint density at radius 3 is 2.93 bits per heavy atom. The third kappa shape index (κ3) is 2.59. The van der Waals surface area contributed by atoms with Crippen LogP contribution in [0.1, 0.15) is 44.3 Å². The Hall–Kier alpha value is -0.390. The zero-order chi connectivity index (χ0) is 10.7. The van der Waals surface area contributed by atoms with Crippen molar-refractivity contribution >= 4 is 28.4 Å². The van der Waals surface area contributed by atoms with Gasteiger partial charge < -0.3 is 5.32 Å². The summed E-state index contributed by atoms with van der Waals surface area (Å²) >= 11 is 2.28. The molecule has 1 aliphatic rings. The molecule has 0 spiro atoms. The van der Waals surface area contributed by atoms with Crippen molar-refractivity contribution < 1.29 is 0 Å². The van der Waals surface area contributed by atoms with E-state index in [0.29, 0.717) is 5.92 Å². The molecule has 1 fully saturated rings. The first-order chi connectivity index (χ1) is 7.31. The van der Waals surface area contributed by atoms with Gasteiger partial charge in [0.15, 0.2) is 0 Å². The minimum Gasteiger partial charge on any atom is -0.369 e. The van der Waals surface area contributed by atoms with E-state index in [-0.39, 0.29) is 0 Å². The number of aromatic nitrogens is 2. The van der Waals surface area contributed by atoms with E-state index in [2.05, 4.69) is 44.8 Å². The van der Waals surface area contributed by atoms with Gasteiger partial charge in [0, 0.05) is 18.7 Å². The summed E-state index contributed by atoms with van der Waals surface area (Å²) in [4.78, 5) is 9.01. The van der Waals surface area contributed by atoms with Crippen LogP contribution in [0.25, 0.3) is 0 Å². The zero-order valence-electron chi connectivity index (χ0n) is 8.96. The second-order valence-corrected chi connectivity index (χ2v) is 5.14. The first-order valence-corrected chi connectivity index (χ1v) is 6.65. The summed E-state index contributed by atoms with van der Waals surface area (Å²) < 4.78 is 1.11. The van der Waals surface area contributed by atoms with Crippen molar-refractivity contribution in [2.45, 2.75) is 38.5 Å². The van der Waals surface area contributed by atoms with E-state index in [1.165, 1.54) is 19.3 Å². The van der Waals surface area contributed by atoms with Crippen LogP contribution in [0.5, 0.6) is 0 Å². The zero-order valence-corrected chi connectivity index (χ0v) is 11.1. The van der Waals surface area contributed by atoms with Gasteiger partial charge in [0.25, 0.3) is 0 Å². The van der Waals surface area contributed by atoms with Gasteiger partial charge in [-0.2, -0.15) is 0 Å². The van der Waals surface area contributed by atoms with E-state index in [0.717, 1.165) is 28.2 Å². The van der Waals surface area contributed by atoms with E-state index in [9.17, 15) is 0 Å². The molecule has 0 radical (unpaired) electrons. The molecule has 15 heavy (non-hydrogen) atoms. The van der Waals surface area contributed by atoms with Crippen LogP contribution in [0.2, 0.25) is 0 Å². The predicted octanol–water partition coefficient (Wildman–Crippen LogP) is 3.17. The van der Waals surface area contributed by atoms with Gasteiger partial charge >= 0.3 is 0 Å². The highest BCUT2D eigenvalue weighted by atomic mass is 127. The average molecular weight is 317 g/mol. The Labute approximate surface area is 104 Å². The molecule has 0 unspecified atom stereocenters. The third-order valence-electron chi connectivity index (χ3n) is 2.78. The van der Waals surface area contributed by atoms with E-state index in [1.807, 2.05) is 6.20 Å². The lowest BCUT2D eigenvalue weighted by atomic mass is 9.85. The number of anilines is 1. The molecule has 0 amide bonds. The van der Waals surface area contributed by atoms with E-state index < -0.39 is 0 Å². The maximum atomic E-state index is 4.60. The van der Waals surface area contributed by atoms with Crippen LogP contribution in [0.15, 0.2) is 6.20 Å². The number of nitrogens with zero attached hydrogens (tertiary/aromatic N) is 2. The standard InChI is InChI=1S/C11H16IN3/c1-2-6-13-11-9(12)7-14-10(15-11)8-4-3-5-8/h7-8H,2-6H2,1H3,(H,13,14,15). The molecule has 0 bridgehead atoms. The van der Waals surface area contributed by atoms with Crippen molar-refractivity contribution in [3.8, 4) is 0 Å². The number of nitrogens with one attached hydrogen (secondary N) is 1. The topological polar surface area (TPSA) is 37.8 Å². The number of rotatable bonds is 4. The second kappa shape index (κ2) is 5.09. The lowest BCUT2D eigenvalue weighted by Crippen LogP contribution is -2.14. The van der Waals surface area contributed by atoms with Crippen LogP contribution in [-0.4, -0.2) is 16.5 Å². The summed E-state index contributed by atoms with van der Waals surface area (Å²) in [5.74, 6) is 2.65. The van der Waals surface area contributed by atoms with Crippen LogP contribution in [0.4, 0.5) is 5.82 Å². The molecule has 3 nitrogen and oxygen atoms in total. The van der Waals surface area contributed by atoms with Crippen molar-refractivity contribution in [2.24, 2.45) is 0 Å². The van der Waals surface area contributed by atoms with Crippen LogP contribution in [0, 0.1) is 3.57 Å². The molecular weight excluding hydrogens is 301 g/mol. The molecule has 1 N–H and O–H groups in total. The Morgan fingerprint density at radius 2 is 2.33 bits per heavy atom. The predicted molar refractivity (Wildman–Crippen MR) is 70.1 cm³/mol. The van der Waals surface area contributed by atoms with Gasteiger partial charge in [-0.15, -0.1) is 0 Å². The Morgan fingerprint density at radius 1 is 1.53 bits per heavy atom. The van der Waals surface area contributed by atoms with Crippen LogP contribution < -0.4 is 5.32 Å². The van der Waals surface area contributed by atoms with Gasteiger partial charge in [0.1, 0.15) is 11.6 Å². The monoisotopic (exact) mass is 317 g/mol. The summed E-state index contributed by atoms with van der Waals surface area (Å²) in [7, 11) is 0. The molecule has 4 heteroatoms. The van der Waals surface area contributed by atoms with Crippen molar-refractivity contribution in [3.05, 3.63) is 15.6 Å². The largest absolute Gasteiger partial charge is 0.369 e. The van der Waals surface area contributed by atoms with Gasteiger partial charge in [-0.05, 0) is 41.9 Å². The lowest BCUT2D eigenvalue weighted by Gasteiger charge is -2.24. The highest BCUT2D eigenvalue weighted by Crippen LogP contribution is 2.34. The molecular formula is C11H16IN3. The fraction of sp³-hybridized carbons (Fsp3) is 0.636. The van der Waals surface area contributed by atoms with Crippen molar-refractivity contribution in [1.82, 2.24) is 9.97 Å².